The third kappa shape index (κ3) is 4.89. The van der Waals surface area contributed by atoms with Crippen LogP contribution in [0.4, 0.5) is 0 Å². The minimum Gasteiger partial charge on any atom is -0.497 e. The predicted octanol–water partition coefficient (Wildman–Crippen LogP) is 2.76. The van der Waals surface area contributed by atoms with Gasteiger partial charge in [-0.1, -0.05) is 18.2 Å². The minimum atomic E-state index is -0.00242. The van der Waals surface area contributed by atoms with E-state index in [0.717, 1.165) is 41.2 Å². The normalized spacial score (nSPS) is 13.0. The Bertz CT molecular complexity index is 729. The third-order valence-electron chi connectivity index (χ3n) is 4.05. The summed E-state index contributed by atoms with van der Waals surface area (Å²) in [5.74, 6) is 2.30. The summed E-state index contributed by atoms with van der Waals surface area (Å²) >= 11 is 0. The Labute approximate surface area is 147 Å². The molecule has 1 aliphatic heterocycles. The van der Waals surface area contributed by atoms with Crippen LogP contribution in [0.1, 0.15) is 17.5 Å². The number of fused-ring (bicyclic) bond motifs is 1. The molecule has 5 nitrogen and oxygen atoms in total. The van der Waals surface area contributed by atoms with Gasteiger partial charge in [0.25, 0.3) is 0 Å². The van der Waals surface area contributed by atoms with Gasteiger partial charge in [-0.15, -0.1) is 0 Å². The number of carbonyl (C=O) groups excluding carboxylic acids is 1. The highest BCUT2D eigenvalue weighted by Crippen LogP contribution is 2.30. The summed E-state index contributed by atoms with van der Waals surface area (Å²) in [7, 11) is 1.65. The van der Waals surface area contributed by atoms with Gasteiger partial charge in [0, 0.05) is 13.0 Å². The molecule has 132 valence electrons. The van der Waals surface area contributed by atoms with E-state index in [9.17, 15) is 4.79 Å². The topological polar surface area (TPSA) is 56.8 Å². The van der Waals surface area contributed by atoms with E-state index in [1.807, 2.05) is 42.5 Å². The molecule has 1 N–H and O–H groups in total. The molecule has 1 aliphatic rings. The van der Waals surface area contributed by atoms with E-state index in [2.05, 4.69) is 5.32 Å². The van der Waals surface area contributed by atoms with Gasteiger partial charge in [0.2, 0.25) is 5.91 Å². The zero-order valence-corrected chi connectivity index (χ0v) is 14.4. The molecule has 0 spiro atoms. The number of benzene rings is 2. The second-order valence-electron chi connectivity index (χ2n) is 5.96. The lowest BCUT2D eigenvalue weighted by Gasteiger charge is -2.10. The Morgan fingerprint density at radius 2 is 1.92 bits per heavy atom. The fraction of sp³-hybridized carbons (Fsp3) is 0.350. The maximum absolute atomic E-state index is 12.2. The first-order valence-corrected chi connectivity index (χ1v) is 8.53. The van der Waals surface area contributed by atoms with Crippen molar-refractivity contribution in [3.63, 3.8) is 0 Å². The van der Waals surface area contributed by atoms with Crippen LogP contribution in [-0.2, 0) is 17.6 Å². The van der Waals surface area contributed by atoms with Crippen LogP contribution in [0, 0.1) is 0 Å². The fourth-order valence-electron chi connectivity index (χ4n) is 2.74. The standard InChI is InChI=1S/C20H23NO4/c1-23-17-5-2-4-15(12-17)8-9-21-20(22)14-16-6-7-18-19(13-16)25-11-3-10-24-18/h2,4-7,12-13H,3,8-11,14H2,1H3,(H,21,22). The summed E-state index contributed by atoms with van der Waals surface area (Å²) in [5.41, 5.74) is 2.05. The average Bonchev–Trinajstić information content (AvgIpc) is 2.87. The van der Waals surface area contributed by atoms with Gasteiger partial charge in [0.05, 0.1) is 26.7 Å². The number of rotatable bonds is 6. The van der Waals surface area contributed by atoms with Crippen LogP contribution in [-0.4, -0.2) is 32.8 Å². The van der Waals surface area contributed by atoms with Gasteiger partial charge in [-0.3, -0.25) is 4.79 Å². The van der Waals surface area contributed by atoms with Crippen molar-refractivity contribution in [1.82, 2.24) is 5.32 Å². The van der Waals surface area contributed by atoms with Crippen LogP contribution in [0.2, 0.25) is 0 Å². The molecule has 0 radical (unpaired) electrons. The van der Waals surface area contributed by atoms with E-state index in [-0.39, 0.29) is 5.91 Å². The molecule has 2 aromatic rings. The molecule has 2 aromatic carbocycles. The average molecular weight is 341 g/mol. The molecule has 3 rings (SSSR count). The quantitative estimate of drug-likeness (QED) is 0.878. The van der Waals surface area contributed by atoms with Crippen molar-refractivity contribution in [2.24, 2.45) is 0 Å². The van der Waals surface area contributed by atoms with E-state index >= 15 is 0 Å². The van der Waals surface area contributed by atoms with Crippen molar-refractivity contribution >= 4 is 5.91 Å². The smallest absolute Gasteiger partial charge is 0.224 e. The van der Waals surface area contributed by atoms with Gasteiger partial charge >= 0.3 is 0 Å². The maximum Gasteiger partial charge on any atom is 0.224 e. The number of methoxy groups -OCH3 is 1. The van der Waals surface area contributed by atoms with E-state index in [1.54, 1.807) is 7.11 Å². The van der Waals surface area contributed by atoms with E-state index in [4.69, 9.17) is 14.2 Å². The Kier molecular flexibility index (Phi) is 5.77. The van der Waals surface area contributed by atoms with Crippen molar-refractivity contribution in [3.8, 4) is 17.2 Å². The van der Waals surface area contributed by atoms with Crippen molar-refractivity contribution in [3.05, 3.63) is 53.6 Å². The van der Waals surface area contributed by atoms with Crippen molar-refractivity contribution in [2.75, 3.05) is 26.9 Å². The Hall–Kier alpha value is -2.69. The number of ether oxygens (including phenoxy) is 3. The first-order valence-electron chi connectivity index (χ1n) is 8.53. The highest BCUT2D eigenvalue weighted by molar-refractivity contribution is 5.78. The van der Waals surface area contributed by atoms with Gasteiger partial charge < -0.3 is 19.5 Å². The van der Waals surface area contributed by atoms with Crippen molar-refractivity contribution in [2.45, 2.75) is 19.3 Å². The maximum atomic E-state index is 12.2. The fourth-order valence-corrected chi connectivity index (χ4v) is 2.74. The molecule has 0 saturated carbocycles. The highest BCUT2D eigenvalue weighted by atomic mass is 16.5. The van der Waals surface area contributed by atoms with E-state index < -0.39 is 0 Å². The molecule has 0 bridgehead atoms. The minimum absolute atomic E-state index is 0.00242. The molecule has 0 unspecified atom stereocenters. The molecule has 0 atom stereocenters. The molecule has 0 aliphatic carbocycles. The van der Waals surface area contributed by atoms with Gasteiger partial charge in [-0.05, 0) is 41.8 Å². The number of hydrogen-bond donors (Lipinski definition) is 1. The largest absolute Gasteiger partial charge is 0.497 e. The van der Waals surface area contributed by atoms with Crippen LogP contribution >= 0.6 is 0 Å². The van der Waals surface area contributed by atoms with Crippen LogP contribution in [0.5, 0.6) is 17.2 Å². The summed E-state index contributed by atoms with van der Waals surface area (Å²) in [6.07, 6.45) is 1.97. The summed E-state index contributed by atoms with van der Waals surface area (Å²) in [6, 6.07) is 13.5. The summed E-state index contributed by atoms with van der Waals surface area (Å²) in [5, 5.41) is 2.96. The highest BCUT2D eigenvalue weighted by Gasteiger charge is 2.12. The molecular weight excluding hydrogens is 318 g/mol. The molecular formula is C20H23NO4. The van der Waals surface area contributed by atoms with E-state index in [1.165, 1.54) is 0 Å². The van der Waals surface area contributed by atoms with Crippen LogP contribution in [0.25, 0.3) is 0 Å². The van der Waals surface area contributed by atoms with Crippen LogP contribution in [0.3, 0.4) is 0 Å². The number of nitrogens with one attached hydrogen (secondary N) is 1. The lowest BCUT2D eigenvalue weighted by atomic mass is 10.1. The molecule has 0 fully saturated rings. The predicted molar refractivity (Wildman–Crippen MR) is 95.5 cm³/mol. The van der Waals surface area contributed by atoms with Gasteiger partial charge in [0.15, 0.2) is 11.5 Å². The summed E-state index contributed by atoms with van der Waals surface area (Å²) in [6.45, 7) is 1.90. The Morgan fingerprint density at radius 3 is 2.76 bits per heavy atom. The van der Waals surface area contributed by atoms with Gasteiger partial charge in [-0.2, -0.15) is 0 Å². The van der Waals surface area contributed by atoms with Crippen molar-refractivity contribution < 1.29 is 19.0 Å². The number of carbonyl (C=O) groups is 1. The molecule has 1 amide bonds. The first kappa shape index (κ1) is 17.1. The third-order valence-corrected chi connectivity index (χ3v) is 4.05. The SMILES string of the molecule is COc1cccc(CCNC(=O)Cc2ccc3c(c2)OCCCO3)c1. The van der Waals surface area contributed by atoms with Gasteiger partial charge in [-0.25, -0.2) is 0 Å². The Balaban J connectivity index is 1.50. The summed E-state index contributed by atoms with van der Waals surface area (Å²) < 4.78 is 16.5. The van der Waals surface area contributed by atoms with Gasteiger partial charge in [0.1, 0.15) is 5.75 Å². The number of hydrogen-bond acceptors (Lipinski definition) is 4. The lowest BCUT2D eigenvalue weighted by molar-refractivity contribution is -0.120. The first-order chi connectivity index (χ1) is 12.2. The zero-order chi connectivity index (χ0) is 17.5. The summed E-state index contributed by atoms with van der Waals surface area (Å²) in [4.78, 5) is 12.2. The molecule has 0 aromatic heterocycles. The second kappa shape index (κ2) is 8.42. The zero-order valence-electron chi connectivity index (χ0n) is 14.4. The monoisotopic (exact) mass is 341 g/mol. The molecule has 1 heterocycles. The number of amides is 1. The van der Waals surface area contributed by atoms with Crippen LogP contribution < -0.4 is 19.5 Å². The Morgan fingerprint density at radius 1 is 1.08 bits per heavy atom. The van der Waals surface area contributed by atoms with Crippen molar-refractivity contribution in [1.29, 1.82) is 0 Å². The lowest BCUT2D eigenvalue weighted by Crippen LogP contribution is -2.27. The van der Waals surface area contributed by atoms with Crippen LogP contribution in [0.15, 0.2) is 42.5 Å². The molecule has 5 heteroatoms. The second-order valence-corrected chi connectivity index (χ2v) is 5.96. The van der Waals surface area contributed by atoms with E-state index in [0.29, 0.717) is 26.2 Å². The molecule has 25 heavy (non-hydrogen) atoms. The molecule has 0 saturated heterocycles.